The average molecular weight is 234 g/mol. The Morgan fingerprint density at radius 1 is 1.47 bits per heavy atom. The number of hydrogen-bond acceptors (Lipinski definition) is 1. The third-order valence-electron chi connectivity index (χ3n) is 4.39. The standard InChI is InChI=1S/C15H26N2/c1-11(15(2,3)4)10-17-9-8-12-13(16)6-5-7-14(12)17/h8-9,11,13H,5-7,10,16H2,1-4H3. The molecule has 0 aromatic carbocycles. The zero-order valence-electron chi connectivity index (χ0n) is 11.7. The van der Waals surface area contributed by atoms with Crippen LogP contribution >= 0.6 is 0 Å². The van der Waals surface area contributed by atoms with Gasteiger partial charge in [0.1, 0.15) is 0 Å². The Labute approximate surface area is 105 Å². The molecule has 1 heterocycles. The molecule has 0 radical (unpaired) electrons. The molecule has 1 aromatic rings. The summed E-state index contributed by atoms with van der Waals surface area (Å²) >= 11 is 0. The monoisotopic (exact) mass is 234 g/mol. The second-order valence-electron chi connectivity index (χ2n) is 6.64. The van der Waals surface area contributed by atoms with Crippen LogP contribution in [0.2, 0.25) is 0 Å². The molecule has 0 bridgehead atoms. The molecule has 17 heavy (non-hydrogen) atoms. The highest BCUT2D eigenvalue weighted by atomic mass is 15.0. The fraction of sp³-hybridized carbons (Fsp3) is 0.733. The lowest BCUT2D eigenvalue weighted by Crippen LogP contribution is -2.24. The van der Waals surface area contributed by atoms with Crippen molar-refractivity contribution in [2.75, 3.05) is 0 Å². The minimum Gasteiger partial charge on any atom is -0.351 e. The van der Waals surface area contributed by atoms with Gasteiger partial charge in [-0.05, 0) is 42.2 Å². The van der Waals surface area contributed by atoms with Gasteiger partial charge in [0.25, 0.3) is 0 Å². The first-order valence-corrected chi connectivity index (χ1v) is 6.83. The lowest BCUT2D eigenvalue weighted by atomic mass is 9.82. The van der Waals surface area contributed by atoms with E-state index in [9.17, 15) is 0 Å². The minimum atomic E-state index is 0.268. The zero-order chi connectivity index (χ0) is 12.6. The van der Waals surface area contributed by atoms with Crippen molar-refractivity contribution in [2.24, 2.45) is 17.1 Å². The van der Waals surface area contributed by atoms with E-state index in [1.807, 2.05) is 0 Å². The van der Waals surface area contributed by atoms with Crippen LogP contribution in [-0.4, -0.2) is 4.57 Å². The van der Waals surface area contributed by atoms with Crippen molar-refractivity contribution < 1.29 is 0 Å². The normalized spacial score (nSPS) is 22.3. The molecule has 2 heteroatoms. The van der Waals surface area contributed by atoms with Crippen LogP contribution in [0.15, 0.2) is 12.3 Å². The molecule has 0 saturated carbocycles. The van der Waals surface area contributed by atoms with Crippen LogP contribution in [0.4, 0.5) is 0 Å². The summed E-state index contributed by atoms with van der Waals surface area (Å²) in [7, 11) is 0. The summed E-state index contributed by atoms with van der Waals surface area (Å²) in [6, 6.07) is 2.50. The lowest BCUT2D eigenvalue weighted by molar-refractivity contribution is 0.230. The summed E-state index contributed by atoms with van der Waals surface area (Å²) in [5.41, 5.74) is 9.40. The predicted molar refractivity (Wildman–Crippen MR) is 72.9 cm³/mol. The number of hydrogen-bond donors (Lipinski definition) is 1. The van der Waals surface area contributed by atoms with Crippen molar-refractivity contribution in [1.29, 1.82) is 0 Å². The van der Waals surface area contributed by atoms with E-state index in [4.69, 9.17) is 5.73 Å². The molecule has 1 aromatic heterocycles. The van der Waals surface area contributed by atoms with Gasteiger partial charge in [-0.1, -0.05) is 27.7 Å². The molecule has 2 N–H and O–H groups in total. The summed E-state index contributed by atoms with van der Waals surface area (Å²) in [6.45, 7) is 10.4. The maximum Gasteiger partial charge on any atom is 0.0312 e. The maximum absolute atomic E-state index is 6.16. The third kappa shape index (κ3) is 2.57. The molecule has 96 valence electrons. The van der Waals surface area contributed by atoms with Gasteiger partial charge in [0.2, 0.25) is 0 Å². The fourth-order valence-electron chi connectivity index (χ4n) is 2.53. The Morgan fingerprint density at radius 2 is 2.18 bits per heavy atom. The van der Waals surface area contributed by atoms with Crippen molar-refractivity contribution in [3.05, 3.63) is 23.5 Å². The molecule has 1 aliphatic rings. The second kappa shape index (κ2) is 4.49. The molecule has 0 saturated heterocycles. The van der Waals surface area contributed by atoms with Gasteiger partial charge in [-0.2, -0.15) is 0 Å². The van der Waals surface area contributed by atoms with E-state index in [2.05, 4.69) is 44.5 Å². The van der Waals surface area contributed by atoms with Crippen LogP contribution in [0.1, 0.15) is 57.8 Å². The second-order valence-corrected chi connectivity index (χ2v) is 6.64. The highest BCUT2D eigenvalue weighted by molar-refractivity contribution is 5.28. The van der Waals surface area contributed by atoms with Gasteiger partial charge in [-0.25, -0.2) is 0 Å². The van der Waals surface area contributed by atoms with E-state index in [1.165, 1.54) is 24.1 Å². The SMILES string of the molecule is CC(Cn1ccc2c1CCCC2N)C(C)(C)C. The van der Waals surface area contributed by atoms with E-state index >= 15 is 0 Å². The number of nitrogens with two attached hydrogens (primary N) is 1. The van der Waals surface area contributed by atoms with Crippen LogP contribution in [0.25, 0.3) is 0 Å². The predicted octanol–water partition coefficient (Wildman–Crippen LogP) is 3.51. The van der Waals surface area contributed by atoms with Gasteiger partial charge >= 0.3 is 0 Å². The minimum absolute atomic E-state index is 0.268. The molecule has 2 rings (SSSR count). The molecule has 0 aliphatic heterocycles. The average Bonchev–Trinajstić information content (AvgIpc) is 2.62. The van der Waals surface area contributed by atoms with Crippen LogP contribution in [0, 0.1) is 11.3 Å². The first-order valence-electron chi connectivity index (χ1n) is 6.83. The van der Waals surface area contributed by atoms with Crippen molar-refractivity contribution >= 4 is 0 Å². The fourth-order valence-corrected chi connectivity index (χ4v) is 2.53. The van der Waals surface area contributed by atoms with Gasteiger partial charge in [-0.3, -0.25) is 0 Å². The van der Waals surface area contributed by atoms with E-state index in [0.29, 0.717) is 11.3 Å². The zero-order valence-corrected chi connectivity index (χ0v) is 11.7. The van der Waals surface area contributed by atoms with Crippen LogP contribution in [-0.2, 0) is 13.0 Å². The molecular weight excluding hydrogens is 208 g/mol. The first kappa shape index (κ1) is 12.7. The Hall–Kier alpha value is -0.760. The molecule has 2 unspecified atom stereocenters. The smallest absolute Gasteiger partial charge is 0.0312 e. The molecule has 2 nitrogen and oxygen atoms in total. The van der Waals surface area contributed by atoms with Gasteiger partial charge < -0.3 is 10.3 Å². The third-order valence-corrected chi connectivity index (χ3v) is 4.39. The van der Waals surface area contributed by atoms with Gasteiger partial charge in [-0.15, -0.1) is 0 Å². The summed E-state index contributed by atoms with van der Waals surface area (Å²) < 4.78 is 2.43. The molecule has 1 aliphatic carbocycles. The Kier molecular flexibility index (Phi) is 3.35. The Bertz CT molecular complexity index is 384. The molecular formula is C15H26N2. The largest absolute Gasteiger partial charge is 0.351 e. The number of fused-ring (bicyclic) bond motifs is 1. The van der Waals surface area contributed by atoms with Gasteiger partial charge in [0.15, 0.2) is 0 Å². The quantitative estimate of drug-likeness (QED) is 0.834. The first-order chi connectivity index (χ1) is 7.89. The Morgan fingerprint density at radius 3 is 2.82 bits per heavy atom. The van der Waals surface area contributed by atoms with Crippen LogP contribution < -0.4 is 5.73 Å². The summed E-state index contributed by atoms with van der Waals surface area (Å²) in [5, 5.41) is 0. The Balaban J connectivity index is 2.18. The topological polar surface area (TPSA) is 30.9 Å². The number of aromatic nitrogens is 1. The van der Waals surface area contributed by atoms with E-state index < -0.39 is 0 Å². The molecule has 0 amide bonds. The van der Waals surface area contributed by atoms with Crippen LogP contribution in [0.5, 0.6) is 0 Å². The van der Waals surface area contributed by atoms with E-state index in [1.54, 1.807) is 0 Å². The molecule has 0 fully saturated rings. The van der Waals surface area contributed by atoms with Crippen molar-refractivity contribution in [1.82, 2.24) is 4.57 Å². The summed E-state index contributed by atoms with van der Waals surface area (Å²) in [4.78, 5) is 0. The van der Waals surface area contributed by atoms with Crippen molar-refractivity contribution in [3.8, 4) is 0 Å². The number of nitrogens with zero attached hydrogens (tertiary/aromatic N) is 1. The molecule has 2 atom stereocenters. The van der Waals surface area contributed by atoms with E-state index in [0.717, 1.165) is 13.0 Å². The molecule has 0 spiro atoms. The van der Waals surface area contributed by atoms with Crippen molar-refractivity contribution in [3.63, 3.8) is 0 Å². The highest BCUT2D eigenvalue weighted by Gasteiger charge is 2.24. The maximum atomic E-state index is 6.16. The van der Waals surface area contributed by atoms with Crippen LogP contribution in [0.3, 0.4) is 0 Å². The van der Waals surface area contributed by atoms with E-state index in [-0.39, 0.29) is 6.04 Å². The summed E-state index contributed by atoms with van der Waals surface area (Å²) in [5.74, 6) is 0.678. The lowest BCUT2D eigenvalue weighted by Gasteiger charge is -2.29. The highest BCUT2D eigenvalue weighted by Crippen LogP contribution is 2.32. The number of rotatable bonds is 2. The van der Waals surface area contributed by atoms with Gasteiger partial charge in [0.05, 0.1) is 0 Å². The summed E-state index contributed by atoms with van der Waals surface area (Å²) in [6.07, 6.45) is 5.82. The van der Waals surface area contributed by atoms with Crippen molar-refractivity contribution in [2.45, 2.75) is 59.5 Å². The van der Waals surface area contributed by atoms with Gasteiger partial charge in [0, 0.05) is 24.5 Å².